The van der Waals surface area contributed by atoms with Gasteiger partial charge in [-0.1, -0.05) is 30.3 Å². The molecule has 0 aromatic heterocycles. The van der Waals surface area contributed by atoms with Crippen LogP contribution in [-0.2, 0) is 6.42 Å². The third-order valence-corrected chi connectivity index (χ3v) is 4.88. The van der Waals surface area contributed by atoms with E-state index < -0.39 is 0 Å². The molecule has 3 aromatic rings. The first kappa shape index (κ1) is 18.0. The number of aromatic hydroxyl groups is 1. The lowest BCUT2D eigenvalue weighted by Crippen LogP contribution is -2.38. The highest BCUT2D eigenvalue weighted by Gasteiger charge is 2.22. The molecule has 142 valence electrons. The average Bonchev–Trinajstić information content (AvgIpc) is 2.71. The van der Waals surface area contributed by atoms with E-state index in [1.165, 1.54) is 6.07 Å². The maximum atomic E-state index is 13.5. The number of hydrogen-bond acceptors (Lipinski definition) is 4. The van der Waals surface area contributed by atoms with E-state index >= 15 is 0 Å². The number of phenolic OH excluding ortho intramolecular Hbond substituents is 1. The van der Waals surface area contributed by atoms with Gasteiger partial charge in [-0.2, -0.15) is 0 Å². The van der Waals surface area contributed by atoms with E-state index in [1.807, 2.05) is 42.6 Å². The Kier molecular flexibility index (Phi) is 4.98. The van der Waals surface area contributed by atoms with Crippen LogP contribution in [0.2, 0.25) is 0 Å². The second-order valence-corrected chi connectivity index (χ2v) is 6.73. The highest BCUT2D eigenvalue weighted by atomic mass is 19.1. The molecule has 0 radical (unpaired) electrons. The van der Waals surface area contributed by atoms with Crippen LogP contribution in [0.3, 0.4) is 0 Å². The number of rotatable bonds is 5. The molecular formula is C23H21FN2O2. The van der Waals surface area contributed by atoms with Crippen molar-refractivity contribution in [3.05, 3.63) is 94.3 Å². The van der Waals surface area contributed by atoms with Crippen LogP contribution in [0.5, 0.6) is 11.5 Å². The summed E-state index contributed by atoms with van der Waals surface area (Å²) in [6.07, 6.45) is 2.34. The molecule has 0 saturated heterocycles. The number of halogens is 1. The van der Waals surface area contributed by atoms with E-state index in [2.05, 4.69) is 4.90 Å². The molecule has 4 rings (SSSR count). The van der Waals surface area contributed by atoms with Crippen LogP contribution in [0.4, 0.5) is 4.39 Å². The zero-order valence-corrected chi connectivity index (χ0v) is 15.5. The Balaban J connectivity index is 1.72. The highest BCUT2D eigenvalue weighted by Crippen LogP contribution is 2.30. The Hall–Kier alpha value is -3.34. The van der Waals surface area contributed by atoms with E-state index in [-0.39, 0.29) is 17.7 Å². The summed E-state index contributed by atoms with van der Waals surface area (Å²) in [6.45, 7) is 0.628. The second-order valence-electron chi connectivity index (χ2n) is 6.73. The van der Waals surface area contributed by atoms with Gasteiger partial charge >= 0.3 is 0 Å². The van der Waals surface area contributed by atoms with Crippen LogP contribution >= 0.6 is 0 Å². The number of benzene rings is 3. The Labute approximate surface area is 162 Å². The number of fused-ring (bicyclic) bond motifs is 1. The van der Waals surface area contributed by atoms with Crippen LogP contribution in [-0.4, -0.2) is 23.7 Å². The second kappa shape index (κ2) is 7.72. The predicted molar refractivity (Wildman–Crippen MR) is 106 cm³/mol. The molecule has 1 heterocycles. The van der Waals surface area contributed by atoms with Gasteiger partial charge in [-0.3, -0.25) is 4.99 Å². The van der Waals surface area contributed by atoms with Crippen molar-refractivity contribution in [2.45, 2.75) is 12.6 Å². The lowest BCUT2D eigenvalue weighted by Gasteiger charge is -2.31. The monoisotopic (exact) mass is 376 g/mol. The third-order valence-electron chi connectivity index (χ3n) is 4.88. The standard InChI is InChI=1S/C23H21FN2O2/c1-28-19-9-10-21-17(14-19)15-26(12-11-16-5-4-6-18(24)13-16)23(25-21)20-7-2-3-8-22(20)27/h2-10,13-15,23,27H,11-12H2,1H3. The van der Waals surface area contributed by atoms with Crippen LogP contribution in [0.25, 0.3) is 6.20 Å². The van der Waals surface area contributed by atoms with Gasteiger partial charge in [0.2, 0.25) is 0 Å². The first-order valence-electron chi connectivity index (χ1n) is 9.16. The lowest BCUT2D eigenvalue weighted by atomic mass is 10.1. The van der Waals surface area contributed by atoms with E-state index in [0.717, 1.165) is 27.5 Å². The maximum Gasteiger partial charge on any atom is 0.151 e. The molecule has 0 fully saturated rings. The largest absolute Gasteiger partial charge is 0.508 e. The lowest BCUT2D eigenvalue weighted by molar-refractivity contribution is 0.301. The topological polar surface area (TPSA) is 45.1 Å². The molecule has 28 heavy (non-hydrogen) atoms. The molecule has 1 atom stereocenters. The molecule has 1 aliphatic rings. The third kappa shape index (κ3) is 3.69. The van der Waals surface area contributed by atoms with Gasteiger partial charge in [-0.25, -0.2) is 4.39 Å². The molecule has 0 aliphatic carbocycles. The summed E-state index contributed by atoms with van der Waals surface area (Å²) in [4.78, 5) is 6.94. The summed E-state index contributed by atoms with van der Waals surface area (Å²) in [6, 6.07) is 19.6. The van der Waals surface area contributed by atoms with Gasteiger partial charge in [0, 0.05) is 23.5 Å². The fraction of sp³-hybridized carbons (Fsp3) is 0.174. The number of ether oxygens (including phenoxy) is 1. The van der Waals surface area contributed by atoms with Gasteiger partial charge in [0.05, 0.1) is 12.5 Å². The number of methoxy groups -OCH3 is 1. The van der Waals surface area contributed by atoms with E-state index in [1.54, 1.807) is 31.4 Å². The zero-order valence-electron chi connectivity index (χ0n) is 15.5. The quantitative estimate of drug-likeness (QED) is 0.744. The first-order valence-corrected chi connectivity index (χ1v) is 9.16. The minimum Gasteiger partial charge on any atom is -0.508 e. The zero-order chi connectivity index (χ0) is 19.5. The number of para-hydroxylation sites is 1. The van der Waals surface area contributed by atoms with Crippen molar-refractivity contribution in [3.63, 3.8) is 0 Å². The fourth-order valence-corrected chi connectivity index (χ4v) is 3.43. The molecular weight excluding hydrogens is 355 g/mol. The van der Waals surface area contributed by atoms with Crippen LogP contribution < -0.4 is 15.3 Å². The number of hydrogen-bond donors (Lipinski definition) is 1. The molecule has 1 aliphatic heterocycles. The predicted octanol–water partition coefficient (Wildman–Crippen LogP) is 3.15. The SMILES string of the molecule is COc1ccc2c(c1)=CN(CCc1cccc(F)c1)C(c1ccccc1O)N=2. The van der Waals surface area contributed by atoms with Crippen molar-refractivity contribution in [2.75, 3.05) is 13.7 Å². The van der Waals surface area contributed by atoms with Gasteiger partial charge in [0.15, 0.2) is 6.17 Å². The molecule has 0 saturated carbocycles. The molecule has 5 heteroatoms. The van der Waals surface area contributed by atoms with E-state index in [4.69, 9.17) is 9.73 Å². The van der Waals surface area contributed by atoms with Crippen molar-refractivity contribution in [1.82, 2.24) is 4.90 Å². The molecule has 0 spiro atoms. The Bertz CT molecular complexity index is 1110. The summed E-state index contributed by atoms with van der Waals surface area (Å²) >= 11 is 0. The van der Waals surface area contributed by atoms with Crippen LogP contribution in [0.15, 0.2) is 71.7 Å². The summed E-state index contributed by atoms with van der Waals surface area (Å²) in [5.41, 5.74) is 1.65. The summed E-state index contributed by atoms with van der Waals surface area (Å²) < 4.78 is 18.8. The maximum absolute atomic E-state index is 13.5. The van der Waals surface area contributed by atoms with Gasteiger partial charge in [0.25, 0.3) is 0 Å². The molecule has 3 aromatic carbocycles. The van der Waals surface area contributed by atoms with Crippen molar-refractivity contribution in [1.29, 1.82) is 0 Å². The van der Waals surface area contributed by atoms with Crippen molar-refractivity contribution < 1.29 is 14.2 Å². The Morgan fingerprint density at radius 1 is 1.07 bits per heavy atom. The van der Waals surface area contributed by atoms with Crippen molar-refractivity contribution in [2.24, 2.45) is 4.99 Å². The summed E-state index contributed by atoms with van der Waals surface area (Å²) in [5.74, 6) is 0.728. The normalized spacial score (nSPS) is 15.4. The number of nitrogens with zero attached hydrogens (tertiary/aromatic N) is 2. The smallest absolute Gasteiger partial charge is 0.151 e. The molecule has 1 unspecified atom stereocenters. The summed E-state index contributed by atoms with van der Waals surface area (Å²) in [7, 11) is 1.63. The van der Waals surface area contributed by atoms with E-state index in [0.29, 0.717) is 13.0 Å². The van der Waals surface area contributed by atoms with Gasteiger partial charge in [-0.15, -0.1) is 0 Å². The highest BCUT2D eigenvalue weighted by molar-refractivity contribution is 5.39. The summed E-state index contributed by atoms with van der Waals surface area (Å²) in [5, 5.41) is 12.2. The van der Waals surface area contributed by atoms with Gasteiger partial charge < -0.3 is 14.7 Å². The minimum atomic E-state index is -0.351. The average molecular weight is 376 g/mol. The first-order chi connectivity index (χ1) is 13.6. The van der Waals surface area contributed by atoms with Gasteiger partial charge in [0.1, 0.15) is 17.3 Å². The van der Waals surface area contributed by atoms with Crippen molar-refractivity contribution >= 4 is 6.20 Å². The van der Waals surface area contributed by atoms with Crippen LogP contribution in [0.1, 0.15) is 17.3 Å². The minimum absolute atomic E-state index is 0.206. The Morgan fingerprint density at radius 2 is 1.93 bits per heavy atom. The molecule has 1 N–H and O–H groups in total. The molecule has 0 bridgehead atoms. The molecule has 4 nitrogen and oxygen atoms in total. The van der Waals surface area contributed by atoms with E-state index in [9.17, 15) is 9.50 Å². The van der Waals surface area contributed by atoms with Crippen molar-refractivity contribution in [3.8, 4) is 11.5 Å². The Morgan fingerprint density at radius 3 is 2.71 bits per heavy atom. The fourth-order valence-electron chi connectivity index (χ4n) is 3.43. The number of phenols is 1. The van der Waals surface area contributed by atoms with Crippen LogP contribution in [0, 0.1) is 5.82 Å². The molecule has 0 amide bonds. The van der Waals surface area contributed by atoms with Gasteiger partial charge in [-0.05, 0) is 48.4 Å².